The molecule has 0 amide bonds. The Morgan fingerprint density at radius 2 is 1.73 bits per heavy atom. The van der Waals surface area contributed by atoms with E-state index in [4.69, 9.17) is 0 Å². The fourth-order valence-corrected chi connectivity index (χ4v) is 6.15. The molecule has 1 N–H and O–H groups in total. The van der Waals surface area contributed by atoms with Gasteiger partial charge in [0.25, 0.3) is 0 Å². The topological polar surface area (TPSA) is 65.0 Å². The zero-order valence-corrected chi connectivity index (χ0v) is 20.0. The lowest BCUT2D eigenvalue weighted by atomic mass is 9.91. The van der Waals surface area contributed by atoms with Crippen molar-refractivity contribution in [1.29, 1.82) is 0 Å². The number of benzene rings is 1. The minimum absolute atomic E-state index is 0.170. The Morgan fingerprint density at radius 1 is 1.13 bits per heavy atom. The standard InChI is InChI=1S/C23H38N4O2S/c1-18-12-19(2)15-26(14-18)16-21-8-6-20(7-9-21)13-25-22(24-5)27-10-11-30(28,29)23(3,4)17-27/h6-9,18-19H,10-17H2,1-5H3,(H,24,25). The average Bonchev–Trinajstić information content (AvgIpc) is 2.65. The summed E-state index contributed by atoms with van der Waals surface area (Å²) in [7, 11) is -1.30. The lowest BCUT2D eigenvalue weighted by molar-refractivity contribution is 0.134. The summed E-state index contributed by atoms with van der Waals surface area (Å²) in [4.78, 5) is 9.00. The summed E-state index contributed by atoms with van der Waals surface area (Å²) < 4.78 is 23.8. The van der Waals surface area contributed by atoms with E-state index >= 15 is 0 Å². The number of piperidine rings is 1. The number of nitrogens with zero attached hydrogens (tertiary/aromatic N) is 3. The lowest BCUT2D eigenvalue weighted by Gasteiger charge is -2.39. The summed E-state index contributed by atoms with van der Waals surface area (Å²) >= 11 is 0. The van der Waals surface area contributed by atoms with Gasteiger partial charge in [0.15, 0.2) is 15.8 Å². The van der Waals surface area contributed by atoms with Gasteiger partial charge in [0, 0.05) is 46.3 Å². The van der Waals surface area contributed by atoms with Crippen LogP contribution in [0.3, 0.4) is 0 Å². The van der Waals surface area contributed by atoms with Crippen LogP contribution in [0.25, 0.3) is 0 Å². The van der Waals surface area contributed by atoms with E-state index in [0.717, 1.165) is 24.3 Å². The average molecular weight is 435 g/mol. The van der Waals surface area contributed by atoms with Crippen molar-refractivity contribution in [2.45, 2.75) is 52.0 Å². The van der Waals surface area contributed by atoms with Crippen molar-refractivity contribution >= 4 is 15.8 Å². The van der Waals surface area contributed by atoms with Crippen molar-refractivity contribution in [1.82, 2.24) is 15.1 Å². The summed E-state index contributed by atoms with van der Waals surface area (Å²) in [6.45, 7) is 13.3. The van der Waals surface area contributed by atoms with E-state index in [0.29, 0.717) is 19.6 Å². The molecule has 7 heteroatoms. The van der Waals surface area contributed by atoms with Gasteiger partial charge in [-0.2, -0.15) is 0 Å². The maximum Gasteiger partial charge on any atom is 0.193 e. The third-order valence-electron chi connectivity index (χ3n) is 6.38. The highest BCUT2D eigenvalue weighted by Crippen LogP contribution is 2.24. The molecular formula is C23H38N4O2S. The molecule has 6 nitrogen and oxygen atoms in total. The van der Waals surface area contributed by atoms with Crippen LogP contribution >= 0.6 is 0 Å². The highest BCUT2D eigenvalue weighted by atomic mass is 32.2. The first-order valence-electron chi connectivity index (χ1n) is 11.1. The number of aliphatic imine (C=N–C) groups is 1. The molecule has 0 spiro atoms. The van der Waals surface area contributed by atoms with Crippen LogP contribution in [-0.2, 0) is 22.9 Å². The van der Waals surface area contributed by atoms with Crippen LogP contribution in [0.1, 0.15) is 45.2 Å². The summed E-state index contributed by atoms with van der Waals surface area (Å²) in [6, 6.07) is 8.80. The monoisotopic (exact) mass is 434 g/mol. The van der Waals surface area contributed by atoms with Gasteiger partial charge in [-0.25, -0.2) is 8.42 Å². The second-order valence-electron chi connectivity index (χ2n) is 9.86. The molecule has 0 aromatic heterocycles. The fraction of sp³-hybridized carbons (Fsp3) is 0.696. The highest BCUT2D eigenvalue weighted by Gasteiger charge is 2.40. The molecule has 168 valence electrons. The van der Waals surface area contributed by atoms with E-state index in [1.54, 1.807) is 20.9 Å². The molecule has 0 bridgehead atoms. The van der Waals surface area contributed by atoms with Gasteiger partial charge < -0.3 is 10.2 Å². The Hall–Kier alpha value is -1.60. The minimum atomic E-state index is -3.06. The van der Waals surface area contributed by atoms with Crippen LogP contribution in [0.4, 0.5) is 0 Å². The molecule has 1 aromatic carbocycles. The van der Waals surface area contributed by atoms with Gasteiger partial charge in [0.2, 0.25) is 0 Å². The minimum Gasteiger partial charge on any atom is -0.352 e. The number of hydrogen-bond acceptors (Lipinski definition) is 4. The number of likely N-dealkylation sites (tertiary alicyclic amines) is 1. The van der Waals surface area contributed by atoms with Gasteiger partial charge in [-0.3, -0.25) is 9.89 Å². The largest absolute Gasteiger partial charge is 0.352 e. The van der Waals surface area contributed by atoms with Gasteiger partial charge >= 0.3 is 0 Å². The third kappa shape index (κ3) is 5.55. The second-order valence-corrected chi connectivity index (χ2v) is 12.6. The number of rotatable bonds is 4. The Bertz CT molecular complexity index is 838. The lowest BCUT2D eigenvalue weighted by Crippen LogP contribution is -2.57. The fourth-order valence-electron chi connectivity index (χ4n) is 4.78. The van der Waals surface area contributed by atoms with Crippen molar-refractivity contribution in [3.8, 4) is 0 Å². The molecule has 2 heterocycles. The molecular weight excluding hydrogens is 396 g/mol. The van der Waals surface area contributed by atoms with Crippen LogP contribution in [0.5, 0.6) is 0 Å². The molecule has 0 aliphatic carbocycles. The third-order valence-corrected chi connectivity index (χ3v) is 8.91. The summed E-state index contributed by atoms with van der Waals surface area (Å²) in [5, 5.41) is 3.40. The molecule has 2 aliphatic rings. The molecule has 2 atom stereocenters. The Balaban J connectivity index is 1.54. The molecule has 0 radical (unpaired) electrons. The number of nitrogens with one attached hydrogen (secondary N) is 1. The molecule has 0 saturated carbocycles. The summed E-state index contributed by atoms with van der Waals surface area (Å²) in [5.74, 6) is 2.49. The second kappa shape index (κ2) is 9.27. The van der Waals surface area contributed by atoms with E-state index in [1.807, 2.05) is 4.90 Å². The van der Waals surface area contributed by atoms with Crippen LogP contribution in [0.2, 0.25) is 0 Å². The van der Waals surface area contributed by atoms with Crippen molar-refractivity contribution in [2.24, 2.45) is 16.8 Å². The van der Waals surface area contributed by atoms with Gasteiger partial charge in [-0.15, -0.1) is 0 Å². The maximum absolute atomic E-state index is 12.3. The summed E-state index contributed by atoms with van der Waals surface area (Å²) in [6.07, 6.45) is 1.34. The van der Waals surface area contributed by atoms with E-state index in [2.05, 4.69) is 53.3 Å². The quantitative estimate of drug-likeness (QED) is 0.583. The zero-order chi connectivity index (χ0) is 21.9. The molecule has 2 unspecified atom stereocenters. The van der Waals surface area contributed by atoms with Gasteiger partial charge in [0.05, 0.1) is 10.5 Å². The summed E-state index contributed by atoms with van der Waals surface area (Å²) in [5.41, 5.74) is 2.55. The maximum atomic E-state index is 12.3. The van der Waals surface area contributed by atoms with Gasteiger partial charge in [0.1, 0.15) is 0 Å². The SMILES string of the molecule is CN=C(NCc1ccc(CN2CC(C)CC(C)C2)cc1)N1CCS(=O)(=O)C(C)(C)C1. The molecule has 2 saturated heterocycles. The van der Waals surface area contributed by atoms with Crippen molar-refractivity contribution in [3.63, 3.8) is 0 Å². The molecule has 1 aromatic rings. The number of guanidine groups is 1. The molecule has 3 rings (SSSR count). The van der Waals surface area contributed by atoms with Crippen molar-refractivity contribution < 1.29 is 8.42 Å². The molecule has 2 fully saturated rings. The normalized spacial score (nSPS) is 27.1. The first-order chi connectivity index (χ1) is 14.1. The van der Waals surface area contributed by atoms with E-state index in [9.17, 15) is 8.42 Å². The Kier molecular flexibility index (Phi) is 7.13. The van der Waals surface area contributed by atoms with Crippen LogP contribution in [0.15, 0.2) is 29.3 Å². The van der Waals surface area contributed by atoms with E-state index in [1.165, 1.54) is 30.6 Å². The highest BCUT2D eigenvalue weighted by molar-refractivity contribution is 7.92. The van der Waals surface area contributed by atoms with E-state index in [-0.39, 0.29) is 5.75 Å². The predicted molar refractivity (Wildman–Crippen MR) is 124 cm³/mol. The van der Waals surface area contributed by atoms with E-state index < -0.39 is 14.6 Å². The predicted octanol–water partition coefficient (Wildman–Crippen LogP) is 2.75. The van der Waals surface area contributed by atoms with Crippen LogP contribution in [-0.4, -0.2) is 67.9 Å². The van der Waals surface area contributed by atoms with Crippen LogP contribution < -0.4 is 5.32 Å². The van der Waals surface area contributed by atoms with Crippen molar-refractivity contribution in [2.75, 3.05) is 39.0 Å². The van der Waals surface area contributed by atoms with Gasteiger partial charge in [-0.1, -0.05) is 38.1 Å². The van der Waals surface area contributed by atoms with Crippen LogP contribution in [0, 0.1) is 11.8 Å². The number of sulfone groups is 1. The number of hydrogen-bond donors (Lipinski definition) is 1. The molecule has 30 heavy (non-hydrogen) atoms. The Labute approximate surface area is 182 Å². The first kappa shape index (κ1) is 23.1. The first-order valence-corrected chi connectivity index (χ1v) is 12.7. The van der Waals surface area contributed by atoms with Crippen molar-refractivity contribution in [3.05, 3.63) is 35.4 Å². The Morgan fingerprint density at radius 3 is 2.30 bits per heavy atom. The van der Waals surface area contributed by atoms with Gasteiger partial charge in [-0.05, 0) is 43.2 Å². The zero-order valence-electron chi connectivity index (χ0n) is 19.2. The molecule has 2 aliphatic heterocycles. The smallest absolute Gasteiger partial charge is 0.193 e.